The van der Waals surface area contributed by atoms with E-state index in [1.54, 1.807) is 27.7 Å². The van der Waals surface area contributed by atoms with E-state index in [2.05, 4.69) is 10.0 Å². The predicted octanol–water partition coefficient (Wildman–Crippen LogP) is 1.76. The second-order valence-electron chi connectivity index (χ2n) is 6.87. The van der Waals surface area contributed by atoms with Crippen LogP contribution in [0, 0.1) is 0 Å². The van der Waals surface area contributed by atoms with Crippen molar-refractivity contribution in [1.29, 1.82) is 0 Å². The van der Waals surface area contributed by atoms with Gasteiger partial charge in [0.05, 0.1) is 7.11 Å². The average molecular weight is 386 g/mol. The fourth-order valence-electron chi connectivity index (χ4n) is 2.26. The first-order valence-electron chi connectivity index (χ1n) is 8.12. The molecule has 9 heteroatoms. The Morgan fingerprint density at radius 3 is 2.38 bits per heavy atom. The van der Waals surface area contributed by atoms with Crippen molar-refractivity contribution in [3.05, 3.63) is 23.8 Å². The van der Waals surface area contributed by atoms with Crippen molar-refractivity contribution in [3.63, 3.8) is 0 Å². The number of aliphatic carboxylic acids is 1. The molecule has 0 unspecified atom stereocenters. The number of carbonyl (C=O) groups excluding carboxylic acids is 1. The zero-order chi connectivity index (χ0) is 20.1. The van der Waals surface area contributed by atoms with E-state index in [4.69, 9.17) is 9.84 Å². The van der Waals surface area contributed by atoms with E-state index in [1.807, 2.05) is 0 Å². The highest BCUT2D eigenvalue weighted by molar-refractivity contribution is 7.89. The molecule has 26 heavy (non-hydrogen) atoms. The van der Waals surface area contributed by atoms with Crippen LogP contribution in [0.4, 0.5) is 0 Å². The largest absolute Gasteiger partial charge is 0.495 e. The fourth-order valence-corrected chi connectivity index (χ4v) is 3.71. The summed E-state index contributed by atoms with van der Waals surface area (Å²) in [5, 5.41) is 11.5. The maximum atomic E-state index is 12.5. The lowest BCUT2D eigenvalue weighted by Crippen LogP contribution is -2.43. The van der Waals surface area contributed by atoms with Crippen LogP contribution in [0.25, 0.3) is 0 Å². The van der Waals surface area contributed by atoms with Gasteiger partial charge in [0.15, 0.2) is 0 Å². The number of carboxylic acids is 1. The first-order chi connectivity index (χ1) is 11.9. The zero-order valence-corrected chi connectivity index (χ0v) is 16.4. The second kappa shape index (κ2) is 8.50. The number of carboxylic acid groups (broad SMARTS) is 1. The van der Waals surface area contributed by atoms with Crippen LogP contribution in [-0.2, 0) is 14.8 Å². The molecule has 3 N–H and O–H groups in total. The van der Waals surface area contributed by atoms with Crippen LogP contribution in [0.3, 0.4) is 0 Å². The van der Waals surface area contributed by atoms with Crippen LogP contribution in [-0.4, -0.2) is 44.1 Å². The molecule has 0 aromatic heterocycles. The summed E-state index contributed by atoms with van der Waals surface area (Å²) < 4.78 is 32.5. The molecule has 0 radical (unpaired) electrons. The van der Waals surface area contributed by atoms with Gasteiger partial charge in [-0.3, -0.25) is 9.59 Å². The summed E-state index contributed by atoms with van der Waals surface area (Å²) >= 11 is 0. The molecule has 0 aliphatic rings. The maximum absolute atomic E-state index is 12.5. The van der Waals surface area contributed by atoms with Crippen molar-refractivity contribution in [2.45, 2.75) is 57.0 Å². The molecule has 0 spiro atoms. The van der Waals surface area contributed by atoms with Gasteiger partial charge in [-0.25, -0.2) is 13.1 Å². The fraction of sp³-hybridized carbons (Fsp3) is 0.529. The van der Waals surface area contributed by atoms with Gasteiger partial charge in [0.25, 0.3) is 5.91 Å². The smallest absolute Gasteiger partial charge is 0.303 e. The van der Waals surface area contributed by atoms with Gasteiger partial charge < -0.3 is 15.2 Å². The van der Waals surface area contributed by atoms with Crippen LogP contribution in [0.15, 0.2) is 23.1 Å². The van der Waals surface area contributed by atoms with Crippen molar-refractivity contribution in [3.8, 4) is 5.75 Å². The molecule has 146 valence electrons. The van der Waals surface area contributed by atoms with Crippen LogP contribution in [0.1, 0.15) is 50.9 Å². The van der Waals surface area contributed by atoms with E-state index >= 15 is 0 Å². The molecule has 1 aromatic rings. The Morgan fingerprint density at radius 2 is 1.88 bits per heavy atom. The number of methoxy groups -OCH3 is 1. The normalized spacial score (nSPS) is 12.1. The van der Waals surface area contributed by atoms with Gasteiger partial charge in [0, 0.05) is 23.6 Å². The van der Waals surface area contributed by atoms with Gasteiger partial charge in [-0.1, -0.05) is 0 Å². The molecule has 1 rings (SSSR count). The Hall–Kier alpha value is -2.13. The zero-order valence-electron chi connectivity index (χ0n) is 15.6. The Morgan fingerprint density at radius 1 is 1.27 bits per heavy atom. The number of ether oxygens (including phenoxy) is 1. The summed E-state index contributed by atoms with van der Waals surface area (Å²) in [6.07, 6.45) is 0.151. The van der Waals surface area contributed by atoms with Crippen LogP contribution < -0.4 is 14.8 Å². The lowest BCUT2D eigenvalue weighted by Gasteiger charge is -2.26. The van der Waals surface area contributed by atoms with Gasteiger partial charge in [0.1, 0.15) is 10.6 Å². The minimum Gasteiger partial charge on any atom is -0.495 e. The van der Waals surface area contributed by atoms with E-state index in [0.717, 1.165) is 0 Å². The van der Waals surface area contributed by atoms with Gasteiger partial charge in [-0.15, -0.1) is 0 Å². The highest BCUT2D eigenvalue weighted by atomic mass is 32.2. The summed E-state index contributed by atoms with van der Waals surface area (Å²) in [6.45, 7) is 6.78. The standard InChI is InChI=1S/C17H26N2O6S/c1-11(2)19-26(23,24)14-10-12(6-7-13(14)25-5)16(22)18-17(3,4)9-8-15(20)21/h6-7,10-11,19H,8-9H2,1-5H3,(H,18,22)(H,20,21). The van der Waals surface area contributed by atoms with E-state index < -0.39 is 27.4 Å². The summed E-state index contributed by atoms with van der Waals surface area (Å²) in [6, 6.07) is 3.79. The molecule has 0 atom stereocenters. The molecule has 8 nitrogen and oxygen atoms in total. The number of carbonyl (C=O) groups is 2. The number of hydrogen-bond acceptors (Lipinski definition) is 5. The monoisotopic (exact) mass is 386 g/mol. The Kier molecular flexibility index (Phi) is 7.16. The molecule has 0 heterocycles. The number of rotatable bonds is 9. The Balaban J connectivity index is 3.13. The molecule has 0 aliphatic heterocycles. The molecule has 0 fully saturated rings. The van der Waals surface area contributed by atoms with Crippen molar-refractivity contribution in [2.75, 3.05) is 7.11 Å². The number of nitrogens with one attached hydrogen (secondary N) is 2. The van der Waals surface area contributed by atoms with Crippen LogP contribution in [0.2, 0.25) is 0 Å². The van der Waals surface area contributed by atoms with Crippen LogP contribution in [0.5, 0.6) is 5.75 Å². The van der Waals surface area contributed by atoms with Crippen molar-refractivity contribution in [1.82, 2.24) is 10.0 Å². The molecular formula is C17H26N2O6S. The highest BCUT2D eigenvalue weighted by Gasteiger charge is 2.25. The van der Waals surface area contributed by atoms with Crippen LogP contribution >= 0.6 is 0 Å². The Labute approximate surface area is 154 Å². The number of amides is 1. The molecule has 0 saturated carbocycles. The molecule has 0 aliphatic carbocycles. The minimum atomic E-state index is -3.86. The molecular weight excluding hydrogens is 360 g/mol. The molecule has 0 saturated heterocycles. The number of sulfonamides is 1. The Bertz CT molecular complexity index is 771. The second-order valence-corrected chi connectivity index (χ2v) is 8.56. The highest BCUT2D eigenvalue weighted by Crippen LogP contribution is 2.25. The van der Waals surface area contributed by atoms with E-state index in [9.17, 15) is 18.0 Å². The van der Waals surface area contributed by atoms with Crippen molar-refractivity contribution < 1.29 is 27.9 Å². The quantitative estimate of drug-likeness (QED) is 0.594. The first kappa shape index (κ1) is 21.9. The van der Waals surface area contributed by atoms with Gasteiger partial charge in [-0.05, 0) is 52.3 Å². The first-order valence-corrected chi connectivity index (χ1v) is 9.61. The van der Waals surface area contributed by atoms with E-state index in [0.29, 0.717) is 0 Å². The maximum Gasteiger partial charge on any atom is 0.303 e. The SMILES string of the molecule is COc1ccc(C(=O)NC(C)(C)CCC(=O)O)cc1S(=O)(=O)NC(C)C. The lowest BCUT2D eigenvalue weighted by atomic mass is 9.97. The number of benzene rings is 1. The third-order valence-corrected chi connectivity index (χ3v) is 5.20. The third-order valence-electron chi connectivity index (χ3n) is 3.52. The van der Waals surface area contributed by atoms with Gasteiger partial charge in [0.2, 0.25) is 10.0 Å². The summed E-state index contributed by atoms with van der Waals surface area (Å²) in [4.78, 5) is 23.1. The number of hydrogen-bond donors (Lipinski definition) is 3. The topological polar surface area (TPSA) is 122 Å². The van der Waals surface area contributed by atoms with Crippen molar-refractivity contribution >= 4 is 21.9 Å². The third kappa shape index (κ3) is 6.30. The summed E-state index contributed by atoms with van der Waals surface area (Å²) in [7, 11) is -2.51. The lowest BCUT2D eigenvalue weighted by molar-refractivity contribution is -0.137. The summed E-state index contributed by atoms with van der Waals surface area (Å²) in [5.74, 6) is -1.33. The molecule has 0 bridgehead atoms. The van der Waals surface area contributed by atoms with E-state index in [1.165, 1.54) is 25.3 Å². The predicted molar refractivity (Wildman–Crippen MR) is 96.9 cm³/mol. The van der Waals surface area contributed by atoms with Gasteiger partial charge in [-0.2, -0.15) is 0 Å². The minimum absolute atomic E-state index is 0.0895. The van der Waals surface area contributed by atoms with Gasteiger partial charge >= 0.3 is 5.97 Å². The summed E-state index contributed by atoms with van der Waals surface area (Å²) in [5.41, 5.74) is -0.622. The van der Waals surface area contributed by atoms with E-state index in [-0.39, 0.29) is 35.1 Å². The molecule has 1 aromatic carbocycles. The molecule has 1 amide bonds. The average Bonchev–Trinajstić information content (AvgIpc) is 2.50. The van der Waals surface area contributed by atoms with Crippen molar-refractivity contribution in [2.24, 2.45) is 0 Å².